The van der Waals surface area contributed by atoms with Crippen LogP contribution in [-0.2, 0) is 0 Å². The first kappa shape index (κ1) is 24.3. The van der Waals surface area contributed by atoms with Crippen molar-refractivity contribution < 1.29 is 13.9 Å². The second-order valence-electron chi connectivity index (χ2n) is 9.26. The number of amides is 1. The smallest absolute Gasteiger partial charge is 0.255 e. The number of carbonyl (C=O) groups is 1. The summed E-state index contributed by atoms with van der Waals surface area (Å²) in [6.45, 7) is 4.02. The third-order valence-electron chi connectivity index (χ3n) is 6.41. The van der Waals surface area contributed by atoms with E-state index >= 15 is 0 Å². The molecule has 0 saturated carbocycles. The van der Waals surface area contributed by atoms with Crippen LogP contribution >= 0.6 is 10.6 Å². The van der Waals surface area contributed by atoms with Crippen molar-refractivity contribution in [3.8, 4) is 11.1 Å². The zero-order valence-electron chi connectivity index (χ0n) is 20.2. The quantitative estimate of drug-likeness (QED) is 0.417. The Bertz CT molecular complexity index is 1160. The fourth-order valence-electron chi connectivity index (χ4n) is 4.31. The average Bonchev–Trinajstić information content (AvgIpc) is 3.30. The van der Waals surface area contributed by atoms with Crippen molar-refractivity contribution in [2.75, 3.05) is 43.7 Å². The van der Waals surface area contributed by atoms with Gasteiger partial charge in [-0.3, -0.25) is 13.9 Å². The fourth-order valence-corrected chi connectivity index (χ4v) is 5.26. The molecular weight excluding hydrogens is 446 g/mol. The molecule has 1 heterocycles. The van der Waals surface area contributed by atoms with Crippen LogP contribution in [0.1, 0.15) is 22.3 Å². The number of nitrogens with one attached hydrogen (secondary N) is 1. The summed E-state index contributed by atoms with van der Waals surface area (Å²) in [5.41, 5.74) is 4.94. The molecule has 0 radical (unpaired) electrons. The Labute approximate surface area is 203 Å². The Morgan fingerprint density at radius 1 is 1.03 bits per heavy atom. The number of likely N-dealkylation sites (N-methyl/N-ethyl adjacent to an activating group) is 1. The van der Waals surface area contributed by atoms with E-state index in [0.29, 0.717) is 27.8 Å². The first-order valence-electron chi connectivity index (χ1n) is 11.4. The van der Waals surface area contributed by atoms with Crippen LogP contribution in [0, 0.1) is 6.92 Å². The number of nitrogens with zero attached hydrogens (tertiary/aromatic N) is 2. The lowest BCUT2D eigenvalue weighted by Gasteiger charge is -2.30. The van der Waals surface area contributed by atoms with Gasteiger partial charge in [0.05, 0.1) is 4.90 Å². The van der Waals surface area contributed by atoms with Gasteiger partial charge in [-0.05, 0) is 69.4 Å². The van der Waals surface area contributed by atoms with Gasteiger partial charge in [-0.25, -0.2) is 0 Å². The van der Waals surface area contributed by atoms with Crippen LogP contribution in [0.4, 0.5) is 11.4 Å². The minimum absolute atomic E-state index is 0.290. The summed E-state index contributed by atoms with van der Waals surface area (Å²) < 4.78 is 20.9. The second kappa shape index (κ2) is 9.80. The predicted octanol–water partition coefficient (Wildman–Crippen LogP) is 5.79. The van der Waals surface area contributed by atoms with Crippen molar-refractivity contribution in [2.45, 2.75) is 24.3 Å². The molecule has 1 aliphatic rings. The number of anilines is 2. The van der Waals surface area contributed by atoms with Gasteiger partial charge in [0.2, 0.25) is 0 Å². The highest BCUT2D eigenvalue weighted by Crippen LogP contribution is 2.49. The van der Waals surface area contributed by atoms with Crippen molar-refractivity contribution in [3.63, 3.8) is 0 Å². The number of carbonyl (C=O) groups excluding carboxylic acids is 1. The van der Waals surface area contributed by atoms with E-state index in [1.807, 2.05) is 55.5 Å². The van der Waals surface area contributed by atoms with Gasteiger partial charge in [-0.1, -0.05) is 35.9 Å². The van der Waals surface area contributed by atoms with Gasteiger partial charge in [-0.2, -0.15) is 10.6 Å². The molecule has 1 fully saturated rings. The van der Waals surface area contributed by atoms with Gasteiger partial charge in [0, 0.05) is 47.9 Å². The third-order valence-corrected chi connectivity index (χ3v) is 7.58. The molecule has 0 bridgehead atoms. The van der Waals surface area contributed by atoms with Crippen molar-refractivity contribution in [1.82, 2.24) is 4.90 Å². The summed E-state index contributed by atoms with van der Waals surface area (Å²) >= 11 is 0. The minimum atomic E-state index is -3.04. The number of aryl methyl sites for hydroxylation is 1. The molecule has 1 amide bonds. The second-order valence-corrected chi connectivity index (χ2v) is 11.4. The van der Waals surface area contributed by atoms with Crippen molar-refractivity contribution >= 4 is 27.9 Å². The molecule has 1 saturated heterocycles. The summed E-state index contributed by atoms with van der Waals surface area (Å²) in [5, 5.41) is 2.93. The van der Waals surface area contributed by atoms with Crippen LogP contribution in [0.3, 0.4) is 0 Å². The van der Waals surface area contributed by atoms with Gasteiger partial charge >= 0.3 is 0 Å². The standard InChI is InChI=1S/C27H33N3O3S/c1-19-5-7-20(8-6-19)25-14-9-21(17-26(25)34(4,32)33)27(31)28-22-10-12-23(13-11-22)30-16-15-24(18-30)29(2)3/h5-14,17,24,32-33H,15-16,18H2,1-4H3,(H,28,31). The molecule has 34 heavy (non-hydrogen) atoms. The number of benzene rings is 3. The van der Waals surface area contributed by atoms with E-state index in [0.717, 1.165) is 36.3 Å². The summed E-state index contributed by atoms with van der Waals surface area (Å²) in [7, 11) is 1.19. The van der Waals surface area contributed by atoms with E-state index in [1.54, 1.807) is 18.2 Å². The lowest BCUT2D eigenvalue weighted by Crippen LogP contribution is -2.31. The average molecular weight is 480 g/mol. The van der Waals surface area contributed by atoms with Gasteiger partial charge in [0.25, 0.3) is 5.91 Å². The highest BCUT2D eigenvalue weighted by molar-refractivity contribution is 8.23. The van der Waals surface area contributed by atoms with Crippen LogP contribution in [0.5, 0.6) is 0 Å². The third kappa shape index (κ3) is 5.45. The number of hydrogen-bond acceptors (Lipinski definition) is 5. The summed E-state index contributed by atoms with van der Waals surface area (Å²) in [5.74, 6) is -0.290. The Kier molecular flexibility index (Phi) is 7.00. The largest absolute Gasteiger partial charge is 0.370 e. The maximum absolute atomic E-state index is 13.0. The molecule has 6 nitrogen and oxygen atoms in total. The lowest BCUT2D eigenvalue weighted by atomic mass is 10.0. The molecule has 0 spiro atoms. The van der Waals surface area contributed by atoms with E-state index < -0.39 is 10.6 Å². The normalized spacial score (nSPS) is 16.7. The molecule has 1 atom stereocenters. The van der Waals surface area contributed by atoms with Gasteiger partial charge < -0.3 is 15.1 Å². The number of rotatable bonds is 6. The van der Waals surface area contributed by atoms with Crippen LogP contribution in [0.15, 0.2) is 71.6 Å². The molecule has 3 aromatic rings. The number of hydrogen-bond donors (Lipinski definition) is 3. The molecule has 3 N–H and O–H groups in total. The van der Waals surface area contributed by atoms with Crippen molar-refractivity contribution in [3.05, 3.63) is 77.9 Å². The molecule has 3 aromatic carbocycles. The molecule has 7 heteroatoms. The molecule has 180 valence electrons. The first-order chi connectivity index (χ1) is 16.1. The van der Waals surface area contributed by atoms with E-state index in [9.17, 15) is 13.9 Å². The van der Waals surface area contributed by atoms with E-state index in [1.165, 1.54) is 6.26 Å². The molecule has 1 unspecified atom stereocenters. The Morgan fingerprint density at radius 2 is 1.71 bits per heavy atom. The highest BCUT2D eigenvalue weighted by atomic mass is 32.3. The minimum Gasteiger partial charge on any atom is -0.370 e. The van der Waals surface area contributed by atoms with Crippen molar-refractivity contribution in [1.29, 1.82) is 0 Å². The molecule has 0 aromatic heterocycles. The molecule has 1 aliphatic heterocycles. The van der Waals surface area contributed by atoms with Crippen LogP contribution in [0.25, 0.3) is 11.1 Å². The lowest BCUT2D eigenvalue weighted by molar-refractivity contribution is 0.102. The first-order valence-corrected chi connectivity index (χ1v) is 13.3. The molecular formula is C27H33N3O3S. The highest BCUT2D eigenvalue weighted by Gasteiger charge is 2.24. The van der Waals surface area contributed by atoms with Crippen molar-refractivity contribution in [2.24, 2.45) is 0 Å². The van der Waals surface area contributed by atoms with E-state index in [4.69, 9.17) is 0 Å². The van der Waals surface area contributed by atoms with Crippen LogP contribution in [0.2, 0.25) is 0 Å². The topological polar surface area (TPSA) is 76.0 Å². The predicted molar refractivity (Wildman–Crippen MR) is 142 cm³/mol. The SMILES string of the molecule is Cc1ccc(-c2ccc(C(=O)Nc3ccc(N4CCC(N(C)C)C4)cc3)cc2S(C)(O)O)cc1. The van der Waals surface area contributed by atoms with Gasteiger partial charge in [-0.15, -0.1) is 0 Å². The summed E-state index contributed by atoms with van der Waals surface area (Å²) in [6, 6.07) is 21.4. The van der Waals surface area contributed by atoms with E-state index in [2.05, 4.69) is 29.2 Å². The van der Waals surface area contributed by atoms with E-state index in [-0.39, 0.29) is 5.91 Å². The zero-order valence-corrected chi connectivity index (χ0v) is 21.0. The fraction of sp³-hybridized carbons (Fsp3) is 0.296. The maximum Gasteiger partial charge on any atom is 0.255 e. The Hall–Kier alpha value is -2.84. The monoisotopic (exact) mass is 479 g/mol. The van der Waals surface area contributed by atoms with Gasteiger partial charge in [0.1, 0.15) is 0 Å². The van der Waals surface area contributed by atoms with Crippen LogP contribution in [-0.4, -0.2) is 59.4 Å². The zero-order chi connectivity index (χ0) is 24.5. The molecule has 0 aliphatic carbocycles. The molecule has 4 rings (SSSR count). The van der Waals surface area contributed by atoms with Crippen LogP contribution < -0.4 is 10.2 Å². The Balaban J connectivity index is 1.51. The summed E-state index contributed by atoms with van der Waals surface area (Å²) in [4.78, 5) is 18.0. The maximum atomic E-state index is 13.0. The van der Waals surface area contributed by atoms with Gasteiger partial charge in [0.15, 0.2) is 0 Å². The Morgan fingerprint density at radius 3 is 2.29 bits per heavy atom. The summed E-state index contributed by atoms with van der Waals surface area (Å²) in [6.07, 6.45) is 2.53.